The summed E-state index contributed by atoms with van der Waals surface area (Å²) < 4.78 is 17.5. The van der Waals surface area contributed by atoms with Gasteiger partial charge in [0, 0.05) is 57.2 Å². The summed E-state index contributed by atoms with van der Waals surface area (Å²) >= 11 is 0. The number of benzene rings is 6. The Labute approximate surface area is 358 Å². The van der Waals surface area contributed by atoms with E-state index in [2.05, 4.69) is 108 Å². The second kappa shape index (κ2) is 14.9. The molecule has 62 heavy (non-hydrogen) atoms. The van der Waals surface area contributed by atoms with Gasteiger partial charge in [0.15, 0.2) is 0 Å². The number of para-hydroxylation sites is 2. The Morgan fingerprint density at radius 1 is 0.371 bits per heavy atom. The van der Waals surface area contributed by atoms with Gasteiger partial charge in [-0.3, -0.25) is 9.13 Å². The van der Waals surface area contributed by atoms with Gasteiger partial charge in [-0.1, -0.05) is 60.7 Å². The van der Waals surface area contributed by atoms with E-state index in [1.807, 2.05) is 99.0 Å². The fourth-order valence-electron chi connectivity index (χ4n) is 8.64. The van der Waals surface area contributed by atoms with Gasteiger partial charge in [-0.25, -0.2) is 19.9 Å². The lowest BCUT2D eigenvalue weighted by atomic mass is 10.1. The lowest BCUT2D eigenvalue weighted by molar-refractivity contribution is 0.483. The molecular weight excluding hydrogens is 765 g/mol. The van der Waals surface area contributed by atoms with Crippen molar-refractivity contribution < 1.29 is 9.47 Å². The number of pyridine rings is 2. The Balaban J connectivity index is 0.881. The average molecular weight is 805 g/mol. The van der Waals surface area contributed by atoms with Crippen molar-refractivity contribution in [3.8, 4) is 57.1 Å². The molecule has 0 fully saturated rings. The summed E-state index contributed by atoms with van der Waals surface area (Å²) in [6, 6.07) is 53.7. The van der Waals surface area contributed by atoms with E-state index in [1.165, 1.54) is 10.8 Å². The maximum atomic E-state index is 6.56. The maximum absolute atomic E-state index is 6.56. The van der Waals surface area contributed by atoms with Crippen LogP contribution in [0.1, 0.15) is 22.5 Å². The average Bonchev–Trinajstić information content (AvgIpc) is 3.79. The molecule has 8 nitrogen and oxygen atoms in total. The summed E-state index contributed by atoms with van der Waals surface area (Å²) in [7, 11) is 0. The smallest absolute Gasteiger partial charge is 0.137 e. The van der Waals surface area contributed by atoms with Crippen LogP contribution < -0.4 is 9.47 Å². The van der Waals surface area contributed by atoms with Crippen LogP contribution in [0.25, 0.3) is 77.8 Å². The monoisotopic (exact) mass is 804 g/mol. The maximum Gasteiger partial charge on any atom is 0.137 e. The third-order valence-corrected chi connectivity index (χ3v) is 11.5. The van der Waals surface area contributed by atoms with E-state index in [-0.39, 0.29) is 0 Å². The van der Waals surface area contributed by atoms with Gasteiger partial charge in [-0.15, -0.1) is 0 Å². The summed E-state index contributed by atoms with van der Waals surface area (Å²) in [5.74, 6) is 4.62. The third-order valence-electron chi connectivity index (χ3n) is 11.5. The van der Waals surface area contributed by atoms with Crippen molar-refractivity contribution in [2.24, 2.45) is 0 Å². The molecule has 0 N–H and O–H groups in total. The van der Waals surface area contributed by atoms with Gasteiger partial charge in [0.1, 0.15) is 34.6 Å². The largest absolute Gasteiger partial charge is 0.457 e. The number of hydrogen-bond acceptors (Lipinski definition) is 6. The van der Waals surface area contributed by atoms with Crippen molar-refractivity contribution in [3.05, 3.63) is 193 Å². The van der Waals surface area contributed by atoms with Gasteiger partial charge in [0.05, 0.1) is 44.8 Å². The van der Waals surface area contributed by atoms with E-state index < -0.39 is 0 Å². The van der Waals surface area contributed by atoms with Crippen molar-refractivity contribution in [3.63, 3.8) is 0 Å². The summed E-state index contributed by atoms with van der Waals surface area (Å²) in [5, 5.41) is 4.61. The highest BCUT2D eigenvalue weighted by Gasteiger charge is 2.18. The molecule has 6 aromatic carbocycles. The minimum absolute atomic E-state index is 0.708. The Bertz CT molecular complexity index is 3310. The molecule has 5 aromatic heterocycles. The second-order valence-electron chi connectivity index (χ2n) is 15.8. The molecule has 11 rings (SSSR count). The Morgan fingerprint density at radius 2 is 0.790 bits per heavy atom. The molecular formula is C54H40N6O2. The molecule has 8 heteroatoms. The zero-order valence-corrected chi connectivity index (χ0v) is 34.7. The van der Waals surface area contributed by atoms with Gasteiger partial charge in [-0.2, -0.15) is 0 Å². The normalized spacial score (nSPS) is 11.5. The van der Waals surface area contributed by atoms with Gasteiger partial charge in [0.25, 0.3) is 0 Å². The van der Waals surface area contributed by atoms with Crippen LogP contribution in [0.5, 0.6) is 23.0 Å². The number of rotatable bonds is 8. The summed E-state index contributed by atoms with van der Waals surface area (Å²) in [4.78, 5) is 19.7. The molecule has 0 aliphatic heterocycles. The SMILES string of the molecule is Cc1ccnc(-n2c3ccccc3c3ccc(Oc4cccc(-c5nc(C)c(-c6cccc(Oc7ccc8c9ccccc9n(-c9cc(C)ccn9)c8c7)c6)nc5C)c4)cc32)c1. The van der Waals surface area contributed by atoms with Gasteiger partial charge in [-0.05, 0) is 124 Å². The van der Waals surface area contributed by atoms with Crippen LogP contribution in [-0.4, -0.2) is 29.1 Å². The van der Waals surface area contributed by atoms with Gasteiger partial charge in [0.2, 0.25) is 0 Å². The number of fused-ring (bicyclic) bond motifs is 6. The van der Waals surface area contributed by atoms with Crippen molar-refractivity contribution in [2.75, 3.05) is 0 Å². The van der Waals surface area contributed by atoms with Crippen LogP contribution in [0.3, 0.4) is 0 Å². The second-order valence-corrected chi connectivity index (χ2v) is 15.8. The molecule has 0 saturated carbocycles. The quantitative estimate of drug-likeness (QED) is 0.152. The van der Waals surface area contributed by atoms with Crippen LogP contribution in [0.15, 0.2) is 170 Å². The van der Waals surface area contributed by atoms with Crippen LogP contribution in [0.2, 0.25) is 0 Å². The van der Waals surface area contributed by atoms with Crippen molar-refractivity contribution in [2.45, 2.75) is 27.7 Å². The molecule has 0 unspecified atom stereocenters. The molecule has 0 radical (unpaired) electrons. The van der Waals surface area contributed by atoms with Crippen molar-refractivity contribution >= 4 is 43.6 Å². The Morgan fingerprint density at radius 3 is 1.24 bits per heavy atom. The summed E-state index contributed by atoms with van der Waals surface area (Å²) in [5.41, 5.74) is 11.6. The number of nitrogens with zero attached hydrogens (tertiary/aromatic N) is 6. The van der Waals surface area contributed by atoms with Crippen LogP contribution >= 0.6 is 0 Å². The first kappa shape index (κ1) is 36.9. The van der Waals surface area contributed by atoms with E-state index in [1.54, 1.807) is 0 Å². The Kier molecular flexibility index (Phi) is 8.86. The topological polar surface area (TPSA) is 79.9 Å². The molecule has 5 heterocycles. The molecule has 11 aromatic rings. The molecule has 0 aliphatic carbocycles. The van der Waals surface area contributed by atoms with Crippen LogP contribution in [0.4, 0.5) is 0 Å². The minimum Gasteiger partial charge on any atom is -0.457 e. The number of ether oxygens (including phenoxy) is 2. The third kappa shape index (κ3) is 6.49. The molecule has 0 bridgehead atoms. The van der Waals surface area contributed by atoms with E-state index >= 15 is 0 Å². The molecule has 0 amide bonds. The van der Waals surface area contributed by atoms with E-state index in [0.29, 0.717) is 11.5 Å². The predicted octanol–water partition coefficient (Wildman–Crippen LogP) is 13.6. The first-order chi connectivity index (χ1) is 30.3. The number of aryl methyl sites for hydroxylation is 4. The standard InChI is InChI=1S/C54H40N6O2/c1-33-23-25-55-51(27-33)59-47-17-7-5-15-43(47)45-21-19-41(31-49(45)59)61-39-13-9-11-37(29-39)53-35(3)58-54(36(4)57-53)38-12-10-14-40(30-38)62-42-20-22-46-44-16-6-8-18-48(44)60(50(46)32-42)52-28-34(2)24-26-56-52/h5-32H,1-4H3. The molecule has 298 valence electrons. The first-order valence-electron chi connectivity index (χ1n) is 20.7. The van der Waals surface area contributed by atoms with Crippen LogP contribution in [0, 0.1) is 27.7 Å². The predicted molar refractivity (Wildman–Crippen MR) is 249 cm³/mol. The number of hydrogen-bond donors (Lipinski definition) is 0. The highest BCUT2D eigenvalue weighted by Crippen LogP contribution is 2.38. The Hall–Kier alpha value is -8.10. The number of aromatic nitrogens is 6. The van der Waals surface area contributed by atoms with Crippen molar-refractivity contribution in [1.82, 2.24) is 29.1 Å². The zero-order chi connectivity index (χ0) is 41.9. The van der Waals surface area contributed by atoms with E-state index in [4.69, 9.17) is 29.4 Å². The van der Waals surface area contributed by atoms with Gasteiger partial charge >= 0.3 is 0 Å². The van der Waals surface area contributed by atoms with Crippen molar-refractivity contribution in [1.29, 1.82) is 0 Å². The summed E-state index contributed by atoms with van der Waals surface area (Å²) in [6.45, 7) is 8.18. The highest BCUT2D eigenvalue weighted by molar-refractivity contribution is 6.10. The van der Waals surface area contributed by atoms with Crippen LogP contribution in [-0.2, 0) is 0 Å². The van der Waals surface area contributed by atoms with E-state index in [0.717, 1.165) is 101 Å². The van der Waals surface area contributed by atoms with E-state index in [9.17, 15) is 0 Å². The molecule has 0 spiro atoms. The summed E-state index contributed by atoms with van der Waals surface area (Å²) in [6.07, 6.45) is 3.71. The fourth-order valence-corrected chi connectivity index (χ4v) is 8.64. The van der Waals surface area contributed by atoms with Gasteiger partial charge < -0.3 is 9.47 Å². The minimum atomic E-state index is 0.708. The highest BCUT2D eigenvalue weighted by atomic mass is 16.5. The zero-order valence-electron chi connectivity index (χ0n) is 34.7. The fraction of sp³-hybridized carbons (Fsp3) is 0.0741. The first-order valence-corrected chi connectivity index (χ1v) is 20.7. The molecule has 0 aliphatic rings. The lowest BCUT2D eigenvalue weighted by Crippen LogP contribution is -2.00. The molecule has 0 atom stereocenters. The molecule has 0 saturated heterocycles. The lowest BCUT2D eigenvalue weighted by Gasteiger charge is -2.13.